The lowest BCUT2D eigenvalue weighted by atomic mass is 10.1. The molecule has 0 saturated carbocycles. The summed E-state index contributed by atoms with van der Waals surface area (Å²) in [5, 5.41) is 0. The van der Waals surface area contributed by atoms with E-state index in [1.54, 1.807) is 0 Å². The van der Waals surface area contributed by atoms with E-state index in [1.165, 1.54) is 16.7 Å². The van der Waals surface area contributed by atoms with Gasteiger partial charge < -0.3 is 0 Å². The molecule has 0 N–H and O–H groups in total. The number of hydrogen-bond acceptors (Lipinski definition) is 0. The second-order valence-corrected chi connectivity index (χ2v) is 5.83. The quantitative estimate of drug-likeness (QED) is 0.457. The Morgan fingerprint density at radius 3 is 1.12 bits per heavy atom. The first-order chi connectivity index (χ1) is 12.4. The lowest BCUT2D eigenvalue weighted by Gasteiger charge is -1.96. The third-order valence-electron chi connectivity index (χ3n) is 3.78. The van der Waals surface area contributed by atoms with Crippen molar-refractivity contribution in [2.75, 3.05) is 0 Å². The second kappa shape index (κ2) is 11.6. The predicted octanol–water partition coefficient (Wildman–Crippen LogP) is 6.44. The van der Waals surface area contributed by atoms with Crippen molar-refractivity contribution in [1.82, 2.24) is 0 Å². The van der Waals surface area contributed by atoms with Crippen LogP contribution in [-0.4, -0.2) is 0 Å². The van der Waals surface area contributed by atoms with Crippen LogP contribution in [0.2, 0.25) is 0 Å². The SMILES string of the molecule is C(=CCc1ccccc1)Cc1ccccc1.C=CCc1ccccc1. The van der Waals surface area contributed by atoms with Gasteiger partial charge in [0.05, 0.1) is 0 Å². The van der Waals surface area contributed by atoms with Crippen LogP contribution in [-0.2, 0) is 19.3 Å². The van der Waals surface area contributed by atoms with Crippen molar-refractivity contribution in [3.63, 3.8) is 0 Å². The van der Waals surface area contributed by atoms with E-state index < -0.39 is 0 Å². The smallest absolute Gasteiger partial charge is 0.00973 e. The minimum Gasteiger partial charge on any atom is -0.103 e. The molecule has 126 valence electrons. The molecule has 0 aromatic heterocycles. The standard InChI is InChI=1S/C16H16.C9H10/c1-3-9-15(10-4-1)13-7-8-14-16-11-5-2-6-12-16;1-2-6-9-7-4-3-5-8-9/h1-12H,13-14H2;2-5,7-8H,1,6H2. The highest BCUT2D eigenvalue weighted by molar-refractivity contribution is 5.20. The Morgan fingerprint density at radius 2 is 0.800 bits per heavy atom. The summed E-state index contributed by atoms with van der Waals surface area (Å²) in [6.45, 7) is 3.66. The van der Waals surface area contributed by atoms with E-state index in [2.05, 4.69) is 91.5 Å². The number of allylic oxidation sites excluding steroid dienone is 3. The molecule has 0 aliphatic carbocycles. The molecule has 0 spiro atoms. The van der Waals surface area contributed by atoms with Crippen LogP contribution in [0.1, 0.15) is 16.7 Å². The third kappa shape index (κ3) is 7.99. The fraction of sp³-hybridized carbons (Fsp3) is 0.120. The Hall–Kier alpha value is -2.86. The lowest BCUT2D eigenvalue weighted by molar-refractivity contribution is 1.21. The Bertz CT molecular complexity index is 681. The van der Waals surface area contributed by atoms with Crippen LogP contribution in [0.3, 0.4) is 0 Å². The summed E-state index contributed by atoms with van der Waals surface area (Å²) >= 11 is 0. The Labute approximate surface area is 152 Å². The normalized spacial score (nSPS) is 10.1. The zero-order chi connectivity index (χ0) is 17.6. The maximum absolute atomic E-state index is 3.66. The fourth-order valence-corrected chi connectivity index (χ4v) is 2.45. The molecule has 0 nitrogen and oxygen atoms in total. The average Bonchev–Trinajstić information content (AvgIpc) is 2.69. The maximum Gasteiger partial charge on any atom is -0.00973 e. The molecule has 0 heterocycles. The molecule has 3 aromatic carbocycles. The molecule has 0 bridgehead atoms. The van der Waals surface area contributed by atoms with Crippen molar-refractivity contribution in [1.29, 1.82) is 0 Å². The third-order valence-corrected chi connectivity index (χ3v) is 3.78. The Balaban J connectivity index is 0.000000212. The van der Waals surface area contributed by atoms with Crippen molar-refractivity contribution < 1.29 is 0 Å². The highest BCUT2D eigenvalue weighted by Crippen LogP contribution is 2.03. The van der Waals surface area contributed by atoms with Crippen molar-refractivity contribution in [3.05, 3.63) is 132 Å². The van der Waals surface area contributed by atoms with Gasteiger partial charge in [-0.1, -0.05) is 109 Å². The van der Waals surface area contributed by atoms with Gasteiger partial charge in [-0.3, -0.25) is 0 Å². The Kier molecular flexibility index (Phi) is 8.60. The van der Waals surface area contributed by atoms with Gasteiger partial charge in [0.1, 0.15) is 0 Å². The molecule has 3 rings (SSSR count). The van der Waals surface area contributed by atoms with Crippen LogP contribution >= 0.6 is 0 Å². The minimum atomic E-state index is 0.973. The first-order valence-electron chi connectivity index (χ1n) is 8.76. The molecule has 25 heavy (non-hydrogen) atoms. The van der Waals surface area contributed by atoms with Crippen LogP contribution in [0.15, 0.2) is 116 Å². The highest BCUT2D eigenvalue weighted by Gasteiger charge is 1.87. The van der Waals surface area contributed by atoms with E-state index in [0.29, 0.717) is 0 Å². The van der Waals surface area contributed by atoms with Gasteiger partial charge in [-0.05, 0) is 36.0 Å². The van der Waals surface area contributed by atoms with E-state index in [1.807, 2.05) is 24.3 Å². The van der Waals surface area contributed by atoms with Gasteiger partial charge in [-0.25, -0.2) is 0 Å². The first kappa shape index (κ1) is 18.5. The number of benzene rings is 3. The van der Waals surface area contributed by atoms with Gasteiger partial charge in [-0.2, -0.15) is 0 Å². The zero-order valence-corrected chi connectivity index (χ0v) is 14.7. The summed E-state index contributed by atoms with van der Waals surface area (Å²) in [4.78, 5) is 0. The van der Waals surface area contributed by atoms with E-state index >= 15 is 0 Å². The molecule has 0 amide bonds. The van der Waals surface area contributed by atoms with Crippen LogP contribution < -0.4 is 0 Å². The summed E-state index contributed by atoms with van der Waals surface area (Å²) in [7, 11) is 0. The van der Waals surface area contributed by atoms with Crippen molar-refractivity contribution in [2.24, 2.45) is 0 Å². The molecule has 0 fully saturated rings. The van der Waals surface area contributed by atoms with Gasteiger partial charge >= 0.3 is 0 Å². The van der Waals surface area contributed by atoms with Crippen molar-refractivity contribution in [2.45, 2.75) is 19.3 Å². The van der Waals surface area contributed by atoms with Crippen LogP contribution in [0.25, 0.3) is 0 Å². The van der Waals surface area contributed by atoms with E-state index in [-0.39, 0.29) is 0 Å². The molecule has 0 aliphatic rings. The Morgan fingerprint density at radius 1 is 0.480 bits per heavy atom. The zero-order valence-electron chi connectivity index (χ0n) is 14.7. The second-order valence-electron chi connectivity index (χ2n) is 5.83. The molecular weight excluding hydrogens is 300 g/mol. The summed E-state index contributed by atoms with van der Waals surface area (Å²) < 4.78 is 0. The lowest BCUT2D eigenvalue weighted by Crippen LogP contribution is -1.81. The highest BCUT2D eigenvalue weighted by atomic mass is 13.9. The fourth-order valence-electron chi connectivity index (χ4n) is 2.45. The molecule has 0 atom stereocenters. The predicted molar refractivity (Wildman–Crippen MR) is 110 cm³/mol. The van der Waals surface area contributed by atoms with Crippen LogP contribution in [0.5, 0.6) is 0 Å². The molecule has 0 heteroatoms. The van der Waals surface area contributed by atoms with Crippen LogP contribution in [0.4, 0.5) is 0 Å². The summed E-state index contributed by atoms with van der Waals surface area (Å²) in [6, 6.07) is 31.4. The molecular formula is C25H26. The molecule has 3 aromatic rings. The monoisotopic (exact) mass is 326 g/mol. The average molecular weight is 326 g/mol. The first-order valence-corrected chi connectivity index (χ1v) is 8.76. The summed E-state index contributed by atoms with van der Waals surface area (Å²) in [5.74, 6) is 0. The topological polar surface area (TPSA) is 0 Å². The molecule has 0 aliphatic heterocycles. The van der Waals surface area contributed by atoms with Gasteiger partial charge in [0.15, 0.2) is 0 Å². The largest absolute Gasteiger partial charge is 0.103 e. The van der Waals surface area contributed by atoms with Gasteiger partial charge in [0.2, 0.25) is 0 Å². The van der Waals surface area contributed by atoms with E-state index in [9.17, 15) is 0 Å². The van der Waals surface area contributed by atoms with E-state index in [4.69, 9.17) is 0 Å². The maximum atomic E-state index is 3.66. The van der Waals surface area contributed by atoms with Crippen LogP contribution in [0, 0.1) is 0 Å². The van der Waals surface area contributed by atoms with Crippen molar-refractivity contribution >= 4 is 0 Å². The summed E-state index contributed by atoms with van der Waals surface area (Å²) in [6.07, 6.45) is 9.40. The van der Waals surface area contributed by atoms with Gasteiger partial charge in [0.25, 0.3) is 0 Å². The van der Waals surface area contributed by atoms with Crippen molar-refractivity contribution in [3.8, 4) is 0 Å². The summed E-state index contributed by atoms with van der Waals surface area (Å²) in [5.41, 5.74) is 4.06. The molecule has 0 unspecified atom stereocenters. The number of hydrogen-bond donors (Lipinski definition) is 0. The molecule has 0 radical (unpaired) electrons. The van der Waals surface area contributed by atoms with Gasteiger partial charge in [-0.15, -0.1) is 6.58 Å². The number of rotatable bonds is 6. The minimum absolute atomic E-state index is 0.973. The molecule has 0 saturated heterocycles. The van der Waals surface area contributed by atoms with E-state index in [0.717, 1.165) is 19.3 Å². The van der Waals surface area contributed by atoms with Gasteiger partial charge in [0, 0.05) is 0 Å².